The molecule has 0 saturated heterocycles. The van der Waals surface area contributed by atoms with Crippen LogP contribution in [0.4, 0.5) is 5.82 Å². The van der Waals surface area contributed by atoms with E-state index in [1.54, 1.807) is 0 Å². The third kappa shape index (κ3) is 1.31. The lowest BCUT2D eigenvalue weighted by Crippen LogP contribution is -2.12. The molecule has 1 aromatic heterocycles. The fourth-order valence-electron chi connectivity index (χ4n) is 0.530. The van der Waals surface area contributed by atoms with E-state index >= 15 is 0 Å². The van der Waals surface area contributed by atoms with Gasteiger partial charge in [0.1, 0.15) is 6.20 Å². The van der Waals surface area contributed by atoms with E-state index in [1.165, 1.54) is 0 Å². The summed E-state index contributed by atoms with van der Waals surface area (Å²) in [7, 11) is 0. The molecule has 0 saturated carbocycles. The summed E-state index contributed by atoms with van der Waals surface area (Å²) in [5.41, 5.74) is 4.77. The number of rotatable bonds is 2. The molecule has 0 bridgehead atoms. The van der Waals surface area contributed by atoms with Gasteiger partial charge in [-0.1, -0.05) is 0 Å². The van der Waals surface area contributed by atoms with Crippen LogP contribution < -0.4 is 5.73 Å². The Morgan fingerprint density at radius 1 is 1.82 bits per heavy atom. The fourth-order valence-corrected chi connectivity index (χ4v) is 0.530. The normalized spacial score (nSPS) is 9.45. The molecule has 0 aliphatic carbocycles. The van der Waals surface area contributed by atoms with E-state index in [2.05, 4.69) is 9.97 Å². The quantitative estimate of drug-likeness (QED) is 0.440. The Hall–Kier alpha value is -1.92. The summed E-state index contributed by atoms with van der Waals surface area (Å²) in [5, 5.41) is 10.0. The van der Waals surface area contributed by atoms with Gasteiger partial charge in [0.05, 0.1) is 0 Å². The summed E-state index contributed by atoms with van der Waals surface area (Å²) in [4.78, 5) is 25.2. The zero-order valence-corrected chi connectivity index (χ0v) is 5.27. The predicted octanol–water partition coefficient (Wildman–Crippen LogP) is -0.583. The molecular weight excluding hydrogens is 152 g/mol. The number of amides is 1. The van der Waals surface area contributed by atoms with Crippen molar-refractivity contribution in [1.29, 1.82) is 0 Å². The molecule has 0 spiro atoms. The number of nitro groups is 1. The SMILES string of the molecule is NC(=O)c1ncc([N+](=O)[O-])[nH]1. The van der Waals surface area contributed by atoms with Crippen LogP contribution in [0.25, 0.3) is 0 Å². The lowest BCUT2D eigenvalue weighted by atomic mass is 10.6. The van der Waals surface area contributed by atoms with E-state index in [9.17, 15) is 14.9 Å². The van der Waals surface area contributed by atoms with E-state index in [0.29, 0.717) is 0 Å². The van der Waals surface area contributed by atoms with Crippen LogP contribution >= 0.6 is 0 Å². The molecule has 0 unspecified atom stereocenters. The fraction of sp³-hybridized carbons (Fsp3) is 0. The maximum atomic E-state index is 10.3. The third-order valence-corrected chi connectivity index (χ3v) is 0.992. The number of hydrogen-bond acceptors (Lipinski definition) is 4. The number of primary amides is 1. The van der Waals surface area contributed by atoms with Gasteiger partial charge in [0, 0.05) is 0 Å². The Morgan fingerprint density at radius 3 is 2.73 bits per heavy atom. The average Bonchev–Trinajstić information content (AvgIpc) is 2.33. The first-order valence-electron chi connectivity index (χ1n) is 2.60. The van der Waals surface area contributed by atoms with Gasteiger partial charge in [-0.3, -0.25) is 4.79 Å². The molecule has 1 amide bonds. The third-order valence-electron chi connectivity index (χ3n) is 0.992. The molecule has 0 aliphatic rings. The Bertz CT molecular complexity index is 276. The molecule has 0 radical (unpaired) electrons. The van der Waals surface area contributed by atoms with E-state index in [1.807, 2.05) is 0 Å². The number of H-pyrrole nitrogens is 1. The summed E-state index contributed by atoms with van der Waals surface area (Å²) >= 11 is 0. The molecule has 3 N–H and O–H groups in total. The number of nitrogens with two attached hydrogens (primary N) is 1. The van der Waals surface area contributed by atoms with Crippen molar-refractivity contribution in [3.05, 3.63) is 22.1 Å². The molecule has 0 fully saturated rings. The minimum atomic E-state index is -0.821. The smallest absolute Gasteiger partial charge is 0.341 e. The topological polar surface area (TPSA) is 115 Å². The number of imidazole rings is 1. The molecular formula is C4H4N4O3. The monoisotopic (exact) mass is 156 g/mol. The molecule has 11 heavy (non-hydrogen) atoms. The summed E-state index contributed by atoms with van der Waals surface area (Å²) < 4.78 is 0. The van der Waals surface area contributed by atoms with Gasteiger partial charge in [-0.2, -0.15) is 0 Å². The number of hydrogen-bond donors (Lipinski definition) is 2. The van der Waals surface area contributed by atoms with E-state index < -0.39 is 10.8 Å². The average molecular weight is 156 g/mol. The molecule has 7 heteroatoms. The van der Waals surface area contributed by atoms with Crippen LogP contribution in [-0.4, -0.2) is 20.8 Å². The maximum Gasteiger partial charge on any atom is 0.341 e. The largest absolute Gasteiger partial charge is 0.361 e. The lowest BCUT2D eigenvalue weighted by molar-refractivity contribution is -0.389. The van der Waals surface area contributed by atoms with E-state index in [-0.39, 0.29) is 11.6 Å². The summed E-state index contributed by atoms with van der Waals surface area (Å²) in [6.45, 7) is 0. The molecule has 1 aromatic rings. The van der Waals surface area contributed by atoms with E-state index in [0.717, 1.165) is 6.20 Å². The van der Waals surface area contributed by atoms with Crippen molar-refractivity contribution in [2.24, 2.45) is 5.73 Å². The van der Waals surface area contributed by atoms with Gasteiger partial charge in [-0.25, -0.2) is 9.97 Å². The maximum absolute atomic E-state index is 10.3. The van der Waals surface area contributed by atoms with Crippen LogP contribution in [0.5, 0.6) is 0 Å². The second kappa shape index (κ2) is 2.37. The van der Waals surface area contributed by atoms with Gasteiger partial charge in [0.15, 0.2) is 0 Å². The first-order valence-corrected chi connectivity index (χ1v) is 2.60. The van der Waals surface area contributed by atoms with Crippen LogP contribution in [0.15, 0.2) is 6.20 Å². The number of nitrogens with one attached hydrogen (secondary N) is 1. The van der Waals surface area contributed by atoms with Crippen LogP contribution in [0.1, 0.15) is 10.6 Å². The first-order chi connectivity index (χ1) is 5.11. The second-order valence-corrected chi connectivity index (χ2v) is 1.74. The lowest BCUT2D eigenvalue weighted by Gasteiger charge is -1.84. The van der Waals surface area contributed by atoms with Gasteiger partial charge in [-0.15, -0.1) is 0 Å². The Kier molecular flexibility index (Phi) is 1.55. The van der Waals surface area contributed by atoms with Crippen molar-refractivity contribution < 1.29 is 9.72 Å². The standard InChI is InChI=1S/C4H4N4O3/c5-3(9)4-6-1-2(7-4)8(10)11/h1H,(H2,5,9)(H,6,7). The highest BCUT2D eigenvalue weighted by Crippen LogP contribution is 2.04. The zero-order chi connectivity index (χ0) is 8.43. The van der Waals surface area contributed by atoms with Gasteiger partial charge in [-0.05, 0) is 4.92 Å². The van der Waals surface area contributed by atoms with Crippen LogP contribution in [0.3, 0.4) is 0 Å². The van der Waals surface area contributed by atoms with E-state index in [4.69, 9.17) is 5.73 Å². The highest BCUT2D eigenvalue weighted by Gasteiger charge is 2.13. The molecule has 58 valence electrons. The van der Waals surface area contributed by atoms with Crippen LogP contribution in [0.2, 0.25) is 0 Å². The molecule has 7 nitrogen and oxygen atoms in total. The van der Waals surface area contributed by atoms with Crippen molar-refractivity contribution in [2.45, 2.75) is 0 Å². The van der Waals surface area contributed by atoms with Gasteiger partial charge in [0.2, 0.25) is 0 Å². The number of aromatic nitrogens is 2. The van der Waals surface area contributed by atoms with Crippen molar-refractivity contribution in [1.82, 2.24) is 9.97 Å². The van der Waals surface area contributed by atoms with Gasteiger partial charge in [0.25, 0.3) is 5.82 Å². The Morgan fingerprint density at radius 2 is 2.45 bits per heavy atom. The molecule has 0 aliphatic heterocycles. The summed E-state index contributed by atoms with van der Waals surface area (Å²) in [6, 6.07) is 0. The van der Waals surface area contributed by atoms with Crippen molar-refractivity contribution >= 4 is 11.7 Å². The number of carbonyl (C=O) groups is 1. The minimum Gasteiger partial charge on any atom is -0.361 e. The van der Waals surface area contributed by atoms with Crippen LogP contribution in [0, 0.1) is 10.1 Å². The first kappa shape index (κ1) is 7.19. The van der Waals surface area contributed by atoms with Crippen molar-refractivity contribution in [2.75, 3.05) is 0 Å². The minimum absolute atomic E-state index is 0.211. The van der Waals surface area contributed by atoms with Crippen molar-refractivity contribution in [3.63, 3.8) is 0 Å². The highest BCUT2D eigenvalue weighted by molar-refractivity contribution is 5.89. The Balaban J connectivity index is 2.99. The predicted molar refractivity (Wildman–Crippen MR) is 33.8 cm³/mol. The highest BCUT2D eigenvalue weighted by atomic mass is 16.6. The van der Waals surface area contributed by atoms with Crippen molar-refractivity contribution in [3.8, 4) is 0 Å². The summed E-state index contributed by atoms with van der Waals surface area (Å²) in [6.07, 6.45) is 0.931. The number of carbonyl (C=O) groups excluding carboxylic acids is 1. The molecule has 1 rings (SSSR count). The zero-order valence-electron chi connectivity index (χ0n) is 5.27. The Labute approximate surface area is 60.4 Å². The van der Waals surface area contributed by atoms with Gasteiger partial charge < -0.3 is 15.8 Å². The number of aromatic amines is 1. The second-order valence-electron chi connectivity index (χ2n) is 1.74. The molecule has 0 atom stereocenters. The summed E-state index contributed by atoms with van der Waals surface area (Å²) in [5.74, 6) is -1.38. The molecule has 1 heterocycles. The van der Waals surface area contributed by atoms with Gasteiger partial charge >= 0.3 is 11.7 Å². The number of nitrogens with zero attached hydrogens (tertiary/aromatic N) is 2. The van der Waals surface area contributed by atoms with Crippen LogP contribution in [-0.2, 0) is 0 Å². The molecule has 0 aromatic carbocycles.